The van der Waals surface area contributed by atoms with E-state index in [2.05, 4.69) is 16.1 Å². The summed E-state index contributed by atoms with van der Waals surface area (Å²) in [7, 11) is 1.83. The van der Waals surface area contributed by atoms with Gasteiger partial charge in [0, 0.05) is 43.6 Å². The monoisotopic (exact) mass is 316 g/mol. The van der Waals surface area contributed by atoms with Crippen molar-refractivity contribution >= 4 is 17.4 Å². The van der Waals surface area contributed by atoms with Crippen molar-refractivity contribution in [1.29, 1.82) is 5.26 Å². The van der Waals surface area contributed by atoms with Gasteiger partial charge in [0.05, 0.1) is 6.20 Å². The van der Waals surface area contributed by atoms with E-state index < -0.39 is 0 Å². The zero-order valence-corrected chi connectivity index (χ0v) is 13.0. The highest BCUT2D eigenvalue weighted by Gasteiger charge is 2.35. The van der Waals surface area contributed by atoms with Gasteiger partial charge in [0.25, 0.3) is 0 Å². The maximum absolute atomic E-state index is 9.72. The van der Waals surface area contributed by atoms with Crippen molar-refractivity contribution < 1.29 is 5.11 Å². The molecule has 0 radical (unpaired) electrons. The molecule has 1 aliphatic rings. The van der Waals surface area contributed by atoms with E-state index in [9.17, 15) is 10.4 Å². The number of rotatable bonds is 3. The second-order valence-corrected chi connectivity index (χ2v) is 6.06. The highest BCUT2D eigenvalue weighted by molar-refractivity contribution is 6.30. The van der Waals surface area contributed by atoms with Gasteiger partial charge in [-0.15, -0.1) is 0 Å². The Morgan fingerprint density at radius 2 is 2.09 bits per heavy atom. The van der Waals surface area contributed by atoms with Crippen molar-refractivity contribution in [2.24, 2.45) is 13.0 Å². The zero-order chi connectivity index (χ0) is 15.7. The smallest absolute Gasteiger partial charge is 0.144 e. The average Bonchev–Trinajstić information content (AvgIpc) is 3.10. The lowest BCUT2D eigenvalue weighted by atomic mass is 9.90. The first-order valence-corrected chi connectivity index (χ1v) is 7.55. The molecule has 1 fully saturated rings. The summed E-state index contributed by atoms with van der Waals surface area (Å²) < 4.78 is 1.72. The van der Waals surface area contributed by atoms with E-state index in [1.165, 1.54) is 0 Å². The van der Waals surface area contributed by atoms with E-state index in [1.54, 1.807) is 10.9 Å². The van der Waals surface area contributed by atoms with Crippen molar-refractivity contribution in [3.63, 3.8) is 0 Å². The SMILES string of the molecule is Cn1ncc(C#N)c1N1C[C@@H](CO)[C@H](c2ccc(Cl)cc2)C1. The van der Waals surface area contributed by atoms with E-state index in [4.69, 9.17) is 11.6 Å². The third-order valence-corrected chi connectivity index (χ3v) is 4.55. The molecule has 0 aliphatic carbocycles. The van der Waals surface area contributed by atoms with Gasteiger partial charge in [-0.25, -0.2) is 0 Å². The molecule has 22 heavy (non-hydrogen) atoms. The Bertz CT molecular complexity index is 704. The molecule has 6 heteroatoms. The fourth-order valence-electron chi connectivity index (χ4n) is 3.20. The molecule has 0 saturated carbocycles. The second kappa shape index (κ2) is 5.99. The minimum absolute atomic E-state index is 0.115. The molecule has 1 aliphatic heterocycles. The Morgan fingerprint density at radius 3 is 2.73 bits per heavy atom. The fourth-order valence-corrected chi connectivity index (χ4v) is 3.33. The minimum Gasteiger partial charge on any atom is -0.396 e. The summed E-state index contributed by atoms with van der Waals surface area (Å²) in [6, 6.07) is 9.95. The van der Waals surface area contributed by atoms with Crippen LogP contribution in [0.5, 0.6) is 0 Å². The van der Waals surface area contributed by atoms with Crippen LogP contribution in [0.1, 0.15) is 17.0 Å². The molecule has 1 N–H and O–H groups in total. The van der Waals surface area contributed by atoms with E-state index in [-0.39, 0.29) is 18.4 Å². The van der Waals surface area contributed by atoms with Crippen molar-refractivity contribution in [2.45, 2.75) is 5.92 Å². The van der Waals surface area contributed by atoms with Crippen LogP contribution >= 0.6 is 11.6 Å². The van der Waals surface area contributed by atoms with Crippen molar-refractivity contribution in [1.82, 2.24) is 9.78 Å². The van der Waals surface area contributed by atoms with Crippen LogP contribution in [0.2, 0.25) is 5.02 Å². The number of aromatic nitrogens is 2. The van der Waals surface area contributed by atoms with Crippen LogP contribution < -0.4 is 4.90 Å². The number of aliphatic hydroxyl groups is 1. The Kier molecular flexibility index (Phi) is 4.06. The molecule has 0 amide bonds. The molecule has 2 heterocycles. The Morgan fingerprint density at radius 1 is 1.36 bits per heavy atom. The summed E-state index contributed by atoms with van der Waals surface area (Å²) in [5, 5.41) is 23.8. The topological polar surface area (TPSA) is 65.1 Å². The predicted octanol–water partition coefficient (Wildman–Crippen LogP) is 2.16. The molecule has 2 aromatic rings. The molecule has 1 aromatic carbocycles. The average molecular weight is 317 g/mol. The van der Waals surface area contributed by atoms with Crippen LogP contribution in [-0.2, 0) is 7.05 Å². The van der Waals surface area contributed by atoms with Crippen LogP contribution in [0.25, 0.3) is 0 Å². The molecule has 114 valence electrons. The summed E-state index contributed by atoms with van der Waals surface area (Å²) in [5.41, 5.74) is 1.72. The number of nitriles is 1. The molecule has 3 rings (SSSR count). The summed E-state index contributed by atoms with van der Waals surface area (Å²) in [5.74, 6) is 1.16. The lowest BCUT2D eigenvalue weighted by Gasteiger charge is -2.19. The van der Waals surface area contributed by atoms with Gasteiger partial charge in [0.15, 0.2) is 0 Å². The number of nitrogens with zero attached hydrogens (tertiary/aromatic N) is 4. The first-order valence-electron chi connectivity index (χ1n) is 7.17. The normalized spacial score (nSPS) is 21.1. The van der Waals surface area contributed by atoms with Crippen LogP contribution in [-0.4, -0.2) is 34.6 Å². The molecule has 0 spiro atoms. The summed E-state index contributed by atoms with van der Waals surface area (Å²) in [4.78, 5) is 2.13. The number of hydrogen-bond acceptors (Lipinski definition) is 4. The van der Waals surface area contributed by atoms with Crippen LogP contribution in [0.15, 0.2) is 30.5 Å². The molecular weight excluding hydrogens is 300 g/mol. The van der Waals surface area contributed by atoms with E-state index in [1.807, 2.05) is 31.3 Å². The van der Waals surface area contributed by atoms with Gasteiger partial charge in [-0.1, -0.05) is 23.7 Å². The fraction of sp³-hybridized carbons (Fsp3) is 0.375. The van der Waals surface area contributed by atoms with Gasteiger partial charge in [-0.2, -0.15) is 10.4 Å². The van der Waals surface area contributed by atoms with Crippen molar-refractivity contribution in [2.75, 3.05) is 24.6 Å². The maximum atomic E-state index is 9.72. The van der Waals surface area contributed by atoms with Crippen LogP contribution in [0.3, 0.4) is 0 Å². The quantitative estimate of drug-likeness (QED) is 0.942. The summed E-state index contributed by atoms with van der Waals surface area (Å²) in [6.07, 6.45) is 1.58. The zero-order valence-electron chi connectivity index (χ0n) is 12.3. The number of halogens is 1. The molecule has 1 saturated heterocycles. The minimum atomic E-state index is 0.115. The third kappa shape index (κ3) is 2.56. The van der Waals surface area contributed by atoms with Gasteiger partial charge in [-0.3, -0.25) is 4.68 Å². The van der Waals surface area contributed by atoms with Crippen LogP contribution in [0.4, 0.5) is 5.82 Å². The second-order valence-electron chi connectivity index (χ2n) is 5.62. The predicted molar refractivity (Wildman–Crippen MR) is 84.9 cm³/mol. The van der Waals surface area contributed by atoms with E-state index in [0.29, 0.717) is 17.1 Å². The first-order chi connectivity index (χ1) is 10.6. The molecule has 0 unspecified atom stereocenters. The molecule has 0 bridgehead atoms. The summed E-state index contributed by atoms with van der Waals surface area (Å²) in [6.45, 7) is 1.57. The molecule has 1 aromatic heterocycles. The molecule has 5 nitrogen and oxygen atoms in total. The van der Waals surface area contributed by atoms with Gasteiger partial charge >= 0.3 is 0 Å². The number of anilines is 1. The van der Waals surface area contributed by atoms with E-state index >= 15 is 0 Å². The first kappa shape index (κ1) is 14.9. The van der Waals surface area contributed by atoms with Crippen LogP contribution in [0, 0.1) is 17.2 Å². The standard InChI is InChI=1S/C16H17ClN4O/c1-20-16(12(6-18)7-19-20)21-8-13(10-22)15(9-21)11-2-4-14(17)5-3-11/h2-5,7,13,15,22H,8-10H2,1H3/t13-,15-/m0/s1. The highest BCUT2D eigenvalue weighted by atomic mass is 35.5. The van der Waals surface area contributed by atoms with Gasteiger partial charge in [-0.05, 0) is 17.7 Å². The largest absolute Gasteiger partial charge is 0.396 e. The van der Waals surface area contributed by atoms with Gasteiger partial charge in [0.1, 0.15) is 17.5 Å². The Labute approximate surface area is 134 Å². The number of aliphatic hydroxyl groups excluding tert-OH is 1. The molecule has 2 atom stereocenters. The Hall–Kier alpha value is -2.03. The molecular formula is C16H17ClN4O. The highest BCUT2D eigenvalue weighted by Crippen LogP contribution is 2.36. The van der Waals surface area contributed by atoms with E-state index in [0.717, 1.165) is 17.9 Å². The Balaban J connectivity index is 1.90. The van der Waals surface area contributed by atoms with Crippen molar-refractivity contribution in [3.8, 4) is 6.07 Å². The summed E-state index contributed by atoms with van der Waals surface area (Å²) >= 11 is 5.95. The third-order valence-electron chi connectivity index (χ3n) is 4.30. The number of aryl methyl sites for hydroxylation is 1. The van der Waals surface area contributed by atoms with Gasteiger partial charge in [0.2, 0.25) is 0 Å². The lowest BCUT2D eigenvalue weighted by Crippen LogP contribution is -2.23. The van der Waals surface area contributed by atoms with Crippen molar-refractivity contribution in [3.05, 3.63) is 46.6 Å². The number of hydrogen-bond donors (Lipinski definition) is 1. The van der Waals surface area contributed by atoms with Gasteiger partial charge < -0.3 is 10.0 Å². The number of benzene rings is 1. The lowest BCUT2D eigenvalue weighted by molar-refractivity contribution is 0.227. The maximum Gasteiger partial charge on any atom is 0.144 e.